The van der Waals surface area contributed by atoms with Crippen LogP contribution in [-0.4, -0.2) is 38.4 Å². The molecule has 50 heavy (non-hydrogen) atoms. The third-order valence-corrected chi connectivity index (χ3v) is 7.45. The van der Waals surface area contributed by atoms with Gasteiger partial charge in [0.1, 0.15) is 37.9 Å². The van der Waals surface area contributed by atoms with Crippen LogP contribution in [0.2, 0.25) is 0 Å². The molecule has 0 fully saturated rings. The Morgan fingerprint density at radius 3 is 1.70 bits per heavy atom. The first-order valence-electron chi connectivity index (χ1n) is 15.0. The summed E-state index contributed by atoms with van der Waals surface area (Å²) >= 11 is 1.45. The number of fused-ring (bicyclic) bond motifs is 1. The van der Waals surface area contributed by atoms with E-state index in [0.29, 0.717) is 39.2 Å². The SMILES string of the molecule is C=CC(=O)OCCOc1ccc(N=Nc2ccc(N=Nc3ccc(N=Nc4ccc5cc(OCCOC(=O)C=C)sc5c4)cc3)c(F)c2)cc1. The number of azo groups is 3. The first kappa shape index (κ1) is 34.9. The van der Waals surface area contributed by atoms with E-state index in [0.717, 1.165) is 22.2 Å². The van der Waals surface area contributed by atoms with Gasteiger partial charge in [-0.05, 0) is 84.2 Å². The molecule has 0 aliphatic rings. The zero-order chi connectivity index (χ0) is 35.1. The van der Waals surface area contributed by atoms with Gasteiger partial charge < -0.3 is 18.9 Å². The van der Waals surface area contributed by atoms with Crippen molar-refractivity contribution in [3.63, 3.8) is 0 Å². The van der Waals surface area contributed by atoms with Crippen molar-refractivity contribution >= 4 is 67.5 Å². The molecular formula is C36H29FN6O6S. The van der Waals surface area contributed by atoms with Gasteiger partial charge in [-0.2, -0.15) is 25.6 Å². The highest BCUT2D eigenvalue weighted by atomic mass is 32.1. The Kier molecular flexibility index (Phi) is 12.3. The third kappa shape index (κ3) is 10.6. The van der Waals surface area contributed by atoms with E-state index < -0.39 is 17.8 Å². The van der Waals surface area contributed by atoms with Crippen LogP contribution in [0.15, 0.2) is 147 Å². The minimum Gasteiger partial charge on any atom is -0.490 e. The molecule has 0 spiro atoms. The lowest BCUT2D eigenvalue weighted by molar-refractivity contribution is -0.139. The smallest absolute Gasteiger partial charge is 0.330 e. The molecule has 1 aromatic heterocycles. The Morgan fingerprint density at radius 2 is 1.10 bits per heavy atom. The summed E-state index contributed by atoms with van der Waals surface area (Å²) in [4.78, 5) is 22.2. The number of nitrogens with zero attached hydrogens (tertiary/aromatic N) is 6. The van der Waals surface area contributed by atoms with E-state index in [9.17, 15) is 14.0 Å². The molecule has 0 saturated heterocycles. The summed E-state index contributed by atoms with van der Waals surface area (Å²) in [5.41, 5.74) is 2.65. The van der Waals surface area contributed by atoms with Crippen molar-refractivity contribution in [2.75, 3.05) is 26.4 Å². The van der Waals surface area contributed by atoms with E-state index in [-0.39, 0.29) is 32.1 Å². The second-order valence-corrected chi connectivity index (χ2v) is 11.0. The lowest BCUT2D eigenvalue weighted by atomic mass is 10.2. The molecule has 14 heteroatoms. The molecule has 0 bridgehead atoms. The first-order valence-corrected chi connectivity index (χ1v) is 15.8. The van der Waals surface area contributed by atoms with Crippen LogP contribution in [0.1, 0.15) is 0 Å². The van der Waals surface area contributed by atoms with Crippen molar-refractivity contribution in [2.24, 2.45) is 30.7 Å². The van der Waals surface area contributed by atoms with Crippen molar-refractivity contribution < 1.29 is 32.9 Å². The Balaban J connectivity index is 1.11. The van der Waals surface area contributed by atoms with Gasteiger partial charge in [0.15, 0.2) is 10.9 Å². The van der Waals surface area contributed by atoms with Crippen molar-refractivity contribution in [2.45, 2.75) is 0 Å². The van der Waals surface area contributed by atoms with Crippen molar-refractivity contribution in [1.82, 2.24) is 0 Å². The summed E-state index contributed by atoms with van der Waals surface area (Å²) in [6, 6.07) is 25.5. The summed E-state index contributed by atoms with van der Waals surface area (Å²) in [6.45, 7) is 7.34. The van der Waals surface area contributed by atoms with Crippen LogP contribution >= 0.6 is 11.3 Å². The largest absolute Gasteiger partial charge is 0.490 e. The number of benzene rings is 4. The number of thiophene rings is 1. The van der Waals surface area contributed by atoms with Crippen LogP contribution in [0.3, 0.4) is 0 Å². The molecule has 0 atom stereocenters. The number of carbonyl (C=O) groups is 2. The summed E-state index contributed by atoms with van der Waals surface area (Å²) in [6.07, 6.45) is 2.19. The van der Waals surface area contributed by atoms with Crippen LogP contribution in [0.25, 0.3) is 10.1 Å². The van der Waals surface area contributed by atoms with Gasteiger partial charge in [-0.3, -0.25) is 0 Å². The number of hydrogen-bond acceptors (Lipinski definition) is 13. The molecule has 252 valence electrons. The number of hydrogen-bond donors (Lipinski definition) is 0. The number of carbonyl (C=O) groups excluding carboxylic acids is 2. The molecule has 5 rings (SSSR count). The first-order chi connectivity index (χ1) is 24.4. The van der Waals surface area contributed by atoms with Crippen LogP contribution in [0, 0.1) is 5.82 Å². The second-order valence-electron chi connectivity index (χ2n) is 9.97. The number of ether oxygens (including phenoxy) is 4. The maximum atomic E-state index is 14.7. The number of rotatable bonds is 16. The van der Waals surface area contributed by atoms with Crippen LogP contribution in [0.5, 0.6) is 10.8 Å². The fraction of sp³-hybridized carbons (Fsp3) is 0.111. The van der Waals surface area contributed by atoms with Gasteiger partial charge in [-0.1, -0.05) is 30.6 Å². The molecule has 0 saturated carbocycles. The molecule has 0 amide bonds. The molecule has 0 unspecified atom stereocenters. The van der Waals surface area contributed by atoms with Gasteiger partial charge in [0, 0.05) is 22.9 Å². The van der Waals surface area contributed by atoms with Crippen molar-refractivity contribution in [3.05, 3.63) is 122 Å². The van der Waals surface area contributed by atoms with E-state index in [4.69, 9.17) is 18.9 Å². The van der Waals surface area contributed by atoms with Crippen molar-refractivity contribution in [1.29, 1.82) is 0 Å². The van der Waals surface area contributed by atoms with E-state index >= 15 is 0 Å². The zero-order valence-corrected chi connectivity index (χ0v) is 27.3. The maximum Gasteiger partial charge on any atom is 0.330 e. The lowest BCUT2D eigenvalue weighted by Crippen LogP contribution is -2.09. The van der Waals surface area contributed by atoms with Gasteiger partial charge in [-0.15, -0.1) is 5.11 Å². The monoisotopic (exact) mass is 692 g/mol. The number of esters is 2. The average molecular weight is 693 g/mol. The van der Waals surface area contributed by atoms with Gasteiger partial charge in [0.2, 0.25) is 0 Å². The van der Waals surface area contributed by atoms with Gasteiger partial charge in [0.25, 0.3) is 0 Å². The van der Waals surface area contributed by atoms with Crippen LogP contribution in [0.4, 0.5) is 38.5 Å². The molecule has 4 aromatic carbocycles. The quantitative estimate of drug-likeness (QED) is 0.0435. The van der Waals surface area contributed by atoms with Crippen molar-refractivity contribution in [3.8, 4) is 10.8 Å². The summed E-state index contributed by atoms with van der Waals surface area (Å²) in [5, 5.41) is 26.7. The molecule has 5 aromatic rings. The Labute approximate surface area is 289 Å². The molecule has 12 nitrogen and oxygen atoms in total. The molecule has 0 radical (unpaired) electrons. The summed E-state index contributed by atoms with van der Waals surface area (Å²) < 4.78 is 36.6. The Morgan fingerprint density at radius 1 is 0.600 bits per heavy atom. The topological polar surface area (TPSA) is 145 Å². The van der Waals surface area contributed by atoms with Gasteiger partial charge >= 0.3 is 11.9 Å². The standard InChI is InChI=1S/C36H29FN6O6S/c1-3-34(44)47-18-17-46-30-14-11-27(12-15-30)39-41-28-13-16-32(31(37)22-28)43-40-26-9-7-25(8-10-26)38-42-29-6-5-24-21-36(50-33(24)23-29)49-20-19-48-35(45)4-2/h3-16,21-23H,1-2,17-20H2. The highest BCUT2D eigenvalue weighted by Crippen LogP contribution is 2.35. The predicted octanol–water partition coefficient (Wildman–Crippen LogP) is 10.5. The fourth-order valence-corrected chi connectivity index (χ4v) is 4.98. The highest BCUT2D eigenvalue weighted by Gasteiger charge is 2.06. The number of halogens is 1. The van der Waals surface area contributed by atoms with Gasteiger partial charge in [-0.25, -0.2) is 14.0 Å². The average Bonchev–Trinajstić information content (AvgIpc) is 3.56. The summed E-state index contributed by atoms with van der Waals surface area (Å²) in [7, 11) is 0. The Bertz CT molecular complexity index is 2060. The lowest BCUT2D eigenvalue weighted by Gasteiger charge is -2.06. The minimum atomic E-state index is -0.605. The second kappa shape index (κ2) is 17.7. The third-order valence-electron chi connectivity index (χ3n) is 6.44. The molecule has 0 aliphatic heterocycles. The molecular weight excluding hydrogens is 663 g/mol. The zero-order valence-electron chi connectivity index (χ0n) is 26.5. The van der Waals surface area contributed by atoms with E-state index in [1.54, 1.807) is 54.6 Å². The predicted molar refractivity (Wildman–Crippen MR) is 187 cm³/mol. The van der Waals surface area contributed by atoms with E-state index in [1.807, 2.05) is 24.3 Å². The van der Waals surface area contributed by atoms with E-state index in [2.05, 4.69) is 43.8 Å². The van der Waals surface area contributed by atoms with E-state index in [1.165, 1.54) is 23.5 Å². The minimum absolute atomic E-state index is 0.0432. The molecule has 0 aliphatic carbocycles. The maximum absolute atomic E-state index is 14.7. The normalized spacial score (nSPS) is 11.3. The van der Waals surface area contributed by atoms with Crippen LogP contribution in [-0.2, 0) is 19.1 Å². The van der Waals surface area contributed by atoms with Crippen LogP contribution < -0.4 is 9.47 Å². The molecule has 1 heterocycles. The highest BCUT2D eigenvalue weighted by molar-refractivity contribution is 7.20. The van der Waals surface area contributed by atoms with Gasteiger partial charge in [0.05, 0.1) is 28.4 Å². The fourth-order valence-electron chi connectivity index (χ4n) is 4.01. The summed E-state index contributed by atoms with van der Waals surface area (Å²) in [5.74, 6) is -1.04. The Hall–Kier alpha value is -6.41. The molecule has 0 N–H and O–H groups in total.